The molecular formula is C19H19Cl2F12N3. The molecule has 0 unspecified atom stereocenters. The van der Waals surface area contributed by atoms with Crippen LogP contribution in [0.4, 0.5) is 52.7 Å². The summed E-state index contributed by atoms with van der Waals surface area (Å²) in [6.07, 6.45) is -0.550. The highest BCUT2D eigenvalue weighted by Gasteiger charge is 2.82. The van der Waals surface area contributed by atoms with Crippen molar-refractivity contribution in [2.75, 3.05) is 39.3 Å². The Bertz CT molecular complexity index is 863. The molecule has 0 aromatic carbocycles. The van der Waals surface area contributed by atoms with E-state index in [2.05, 4.69) is 5.32 Å². The van der Waals surface area contributed by atoms with Gasteiger partial charge in [-0.15, -0.1) is 0 Å². The average molecular weight is 588 g/mol. The molecule has 0 aromatic rings. The van der Waals surface area contributed by atoms with Gasteiger partial charge in [-0.1, -0.05) is 23.2 Å². The van der Waals surface area contributed by atoms with Gasteiger partial charge in [-0.05, 0) is 32.4 Å². The predicted molar refractivity (Wildman–Crippen MR) is 105 cm³/mol. The standard InChI is InChI=1S/C19H19Cl2F12N3/c20-10-12(16(26,27)18(30,31)14(10,22)23)35-6-1-4-34-5-2-7-36(9-3-8-35)13-11(21)15(24,25)19(32,33)17(13,28)29/h34H,1-9H2. The molecule has 0 aromatic heterocycles. The molecule has 3 aliphatic rings. The number of hydrogen-bond acceptors (Lipinski definition) is 3. The lowest BCUT2D eigenvalue weighted by molar-refractivity contribution is -0.267. The average Bonchev–Trinajstić information content (AvgIpc) is 2.89. The molecule has 1 heterocycles. The van der Waals surface area contributed by atoms with Crippen molar-refractivity contribution in [3.8, 4) is 0 Å². The van der Waals surface area contributed by atoms with E-state index in [1.807, 2.05) is 0 Å². The summed E-state index contributed by atoms with van der Waals surface area (Å²) >= 11 is 10.5. The van der Waals surface area contributed by atoms with Crippen LogP contribution in [0.15, 0.2) is 21.5 Å². The van der Waals surface area contributed by atoms with Crippen molar-refractivity contribution >= 4 is 23.2 Å². The van der Waals surface area contributed by atoms with Crippen LogP contribution in [0, 0.1) is 0 Å². The van der Waals surface area contributed by atoms with Crippen LogP contribution in [0.25, 0.3) is 0 Å². The molecule has 208 valence electrons. The second-order valence-electron chi connectivity index (χ2n) is 8.56. The van der Waals surface area contributed by atoms with Crippen molar-refractivity contribution in [2.24, 2.45) is 0 Å². The van der Waals surface area contributed by atoms with E-state index in [9.17, 15) is 52.7 Å². The van der Waals surface area contributed by atoms with Gasteiger partial charge in [0.1, 0.15) is 21.5 Å². The Labute approximate surface area is 207 Å². The minimum Gasteiger partial charge on any atom is -0.369 e. The van der Waals surface area contributed by atoms with Crippen molar-refractivity contribution in [1.82, 2.24) is 15.1 Å². The number of halogens is 14. The summed E-state index contributed by atoms with van der Waals surface area (Å²) in [7, 11) is 0. The first kappa shape index (κ1) is 29.3. The summed E-state index contributed by atoms with van der Waals surface area (Å²) in [6, 6.07) is 0. The number of alkyl halides is 12. The lowest BCUT2D eigenvalue weighted by atomic mass is 10.1. The van der Waals surface area contributed by atoms with E-state index in [4.69, 9.17) is 23.2 Å². The SMILES string of the molecule is FC1(F)C(Cl)=C(N2CCCNCCCN(C3=C(Cl)C(F)(F)C(F)(F)C3(F)F)CCC2)C(F)(F)C1(F)F. The fraction of sp³-hybridized carbons (Fsp3) is 0.789. The summed E-state index contributed by atoms with van der Waals surface area (Å²) in [5.41, 5.74) is -3.71. The summed E-state index contributed by atoms with van der Waals surface area (Å²) in [6.45, 7) is -2.39. The second kappa shape index (κ2) is 9.21. The van der Waals surface area contributed by atoms with Gasteiger partial charge in [0.15, 0.2) is 0 Å². The zero-order valence-corrected chi connectivity index (χ0v) is 19.6. The molecule has 1 fully saturated rings. The van der Waals surface area contributed by atoms with E-state index in [1.54, 1.807) is 0 Å². The third kappa shape index (κ3) is 4.02. The van der Waals surface area contributed by atoms with Crippen LogP contribution in [-0.2, 0) is 0 Å². The van der Waals surface area contributed by atoms with E-state index in [0.717, 1.165) is 0 Å². The van der Waals surface area contributed by atoms with E-state index < -0.39 is 89.6 Å². The highest BCUT2D eigenvalue weighted by molar-refractivity contribution is 6.31. The Morgan fingerprint density at radius 1 is 0.500 bits per heavy atom. The van der Waals surface area contributed by atoms with Gasteiger partial charge in [0.25, 0.3) is 0 Å². The summed E-state index contributed by atoms with van der Waals surface area (Å²) in [4.78, 5) is 0.870. The van der Waals surface area contributed by atoms with E-state index in [0.29, 0.717) is 9.80 Å². The predicted octanol–water partition coefficient (Wildman–Crippen LogP) is 6.10. The molecule has 1 aliphatic heterocycles. The van der Waals surface area contributed by atoms with Crippen molar-refractivity contribution in [1.29, 1.82) is 0 Å². The van der Waals surface area contributed by atoms with Crippen LogP contribution in [0.3, 0.4) is 0 Å². The molecule has 0 atom stereocenters. The quantitative estimate of drug-likeness (QED) is 0.394. The topological polar surface area (TPSA) is 18.5 Å². The first-order chi connectivity index (χ1) is 16.3. The number of hydrogen-bond donors (Lipinski definition) is 1. The molecule has 17 heteroatoms. The van der Waals surface area contributed by atoms with Gasteiger partial charge in [0.2, 0.25) is 0 Å². The molecule has 36 heavy (non-hydrogen) atoms. The summed E-state index contributed by atoms with van der Waals surface area (Å²) in [5.74, 6) is -33.3. The molecule has 1 saturated heterocycles. The maximum absolute atomic E-state index is 14.4. The van der Waals surface area contributed by atoms with Gasteiger partial charge < -0.3 is 15.1 Å². The van der Waals surface area contributed by atoms with Crippen molar-refractivity contribution in [2.45, 2.75) is 54.8 Å². The molecule has 0 amide bonds. The molecule has 0 spiro atoms. The Morgan fingerprint density at radius 2 is 0.806 bits per heavy atom. The minimum absolute atomic E-state index is 0.00188. The first-order valence-electron chi connectivity index (χ1n) is 10.6. The molecule has 0 bridgehead atoms. The third-order valence-electron chi connectivity index (χ3n) is 6.19. The van der Waals surface area contributed by atoms with E-state index in [-0.39, 0.29) is 25.9 Å². The van der Waals surface area contributed by atoms with Crippen LogP contribution >= 0.6 is 23.2 Å². The molecule has 1 N–H and O–H groups in total. The second-order valence-corrected chi connectivity index (χ2v) is 9.31. The molecule has 3 rings (SSSR count). The molecular weight excluding hydrogens is 569 g/mol. The Morgan fingerprint density at radius 3 is 1.08 bits per heavy atom. The maximum atomic E-state index is 14.4. The van der Waals surface area contributed by atoms with Crippen molar-refractivity contribution in [3.63, 3.8) is 0 Å². The highest BCUT2D eigenvalue weighted by atomic mass is 35.5. The van der Waals surface area contributed by atoms with Gasteiger partial charge >= 0.3 is 35.5 Å². The molecule has 0 radical (unpaired) electrons. The van der Waals surface area contributed by atoms with Crippen molar-refractivity contribution < 1.29 is 52.7 Å². The highest BCUT2D eigenvalue weighted by Crippen LogP contribution is 2.62. The smallest absolute Gasteiger partial charge is 0.369 e. The number of rotatable bonds is 2. The van der Waals surface area contributed by atoms with Crippen LogP contribution in [-0.4, -0.2) is 84.6 Å². The Balaban J connectivity index is 1.93. The summed E-state index contributed by atoms with van der Waals surface area (Å²) in [5, 5.41) is -1.46. The summed E-state index contributed by atoms with van der Waals surface area (Å²) < 4.78 is 168. The van der Waals surface area contributed by atoms with Gasteiger partial charge in [-0.2, -0.15) is 52.7 Å². The molecule has 2 aliphatic carbocycles. The zero-order chi connectivity index (χ0) is 27.5. The van der Waals surface area contributed by atoms with Crippen LogP contribution in [0.1, 0.15) is 19.3 Å². The van der Waals surface area contributed by atoms with Gasteiger partial charge in [-0.25, -0.2) is 0 Å². The third-order valence-corrected chi connectivity index (χ3v) is 7.02. The fourth-order valence-electron chi connectivity index (χ4n) is 4.25. The lowest BCUT2D eigenvalue weighted by Gasteiger charge is -2.34. The van der Waals surface area contributed by atoms with E-state index in [1.165, 1.54) is 0 Å². The lowest BCUT2D eigenvalue weighted by Crippen LogP contribution is -2.51. The van der Waals surface area contributed by atoms with Crippen LogP contribution in [0.2, 0.25) is 0 Å². The monoisotopic (exact) mass is 587 g/mol. The number of allylic oxidation sites excluding steroid dienone is 4. The number of nitrogens with one attached hydrogen (secondary N) is 1. The molecule has 0 saturated carbocycles. The first-order valence-corrected chi connectivity index (χ1v) is 11.3. The van der Waals surface area contributed by atoms with Crippen molar-refractivity contribution in [3.05, 3.63) is 21.5 Å². The minimum atomic E-state index is -5.86. The zero-order valence-electron chi connectivity index (χ0n) is 18.0. The van der Waals surface area contributed by atoms with Gasteiger partial charge in [-0.3, -0.25) is 0 Å². The fourth-order valence-corrected chi connectivity index (χ4v) is 4.97. The normalized spacial score (nSPS) is 29.8. The maximum Gasteiger partial charge on any atom is 0.383 e. The van der Waals surface area contributed by atoms with Gasteiger partial charge in [0, 0.05) is 26.2 Å². The van der Waals surface area contributed by atoms with Crippen LogP contribution < -0.4 is 5.32 Å². The van der Waals surface area contributed by atoms with Gasteiger partial charge in [0.05, 0.1) is 0 Å². The van der Waals surface area contributed by atoms with Crippen LogP contribution in [0.5, 0.6) is 0 Å². The molecule has 3 nitrogen and oxygen atoms in total. The van der Waals surface area contributed by atoms with E-state index >= 15 is 0 Å². The largest absolute Gasteiger partial charge is 0.383 e. The number of nitrogens with zero attached hydrogens (tertiary/aromatic N) is 2. The Kier molecular flexibility index (Phi) is 7.51. The Hall–Kier alpha value is -1.22.